The van der Waals surface area contributed by atoms with Gasteiger partial charge in [0.15, 0.2) is 17.6 Å². The van der Waals surface area contributed by atoms with Crippen molar-refractivity contribution in [2.45, 2.75) is 114 Å². The molecular formula is C47H58N6O16. The van der Waals surface area contributed by atoms with E-state index < -0.39 is 121 Å². The number of fused-ring (bicyclic) bond motifs is 2. The van der Waals surface area contributed by atoms with Gasteiger partial charge in [0.1, 0.15) is 72.2 Å². The monoisotopic (exact) mass is 962 g/mol. The van der Waals surface area contributed by atoms with Gasteiger partial charge in [-0.1, -0.05) is 30.3 Å². The molecule has 2 saturated heterocycles. The van der Waals surface area contributed by atoms with Gasteiger partial charge in [0.25, 0.3) is 0 Å². The van der Waals surface area contributed by atoms with E-state index in [2.05, 4.69) is 21.3 Å². The quantitative estimate of drug-likeness (QED) is 0.128. The molecular weight excluding hydrogens is 905 g/mol. The van der Waals surface area contributed by atoms with Crippen molar-refractivity contribution in [3.63, 3.8) is 0 Å². The van der Waals surface area contributed by atoms with E-state index >= 15 is 0 Å². The van der Waals surface area contributed by atoms with E-state index in [1.807, 2.05) is 0 Å². The first-order valence-electron chi connectivity index (χ1n) is 22.1. The number of carbonyl (C=O) groups is 7. The maximum absolute atomic E-state index is 14.8. The zero-order valence-electron chi connectivity index (χ0n) is 39.0. The Balaban J connectivity index is 1.43. The fourth-order valence-electron chi connectivity index (χ4n) is 8.10. The predicted molar refractivity (Wildman–Crippen MR) is 240 cm³/mol. The molecule has 2 fully saturated rings. The van der Waals surface area contributed by atoms with Crippen LogP contribution >= 0.6 is 0 Å². The topological polar surface area (TPSA) is 301 Å². The normalized spacial score (nSPS) is 29.6. The van der Waals surface area contributed by atoms with Crippen LogP contribution in [0, 0.1) is 0 Å². The van der Waals surface area contributed by atoms with Crippen molar-refractivity contribution in [2.24, 2.45) is 0 Å². The van der Waals surface area contributed by atoms with Crippen LogP contribution < -0.4 is 35.5 Å². The fraction of sp³-hybridized carbons (Fsp3) is 0.468. The molecule has 0 radical (unpaired) electrons. The Bertz CT molecular complexity index is 2380. The molecule has 8 N–H and O–H groups in total. The number of benzene rings is 3. The SMILES string of the molecule is COc1ccc(C[C@@H]2C(=O)N[C@@H](C)C(=O)N(C)[C@H]3Cc4ccc(cc4)Oc4cc(ccc4O[C@@H]4O[C@H](CO)[C@@H](O)[C@H](O)[C@H]4O)[C@H](OC(C)=O)[C@@H](NC3=O)C(=O)N[C@H](C)C(=O)N[C@H](C)C(=O)N2C)cc1. The Morgan fingerprint density at radius 2 is 1.36 bits per heavy atom. The van der Waals surface area contributed by atoms with Gasteiger partial charge in [-0.3, -0.25) is 33.6 Å². The summed E-state index contributed by atoms with van der Waals surface area (Å²) in [5.74, 6) is -5.33. The summed E-state index contributed by atoms with van der Waals surface area (Å²) in [5, 5.41) is 51.8. The summed E-state index contributed by atoms with van der Waals surface area (Å²) < 4.78 is 28.8. The van der Waals surface area contributed by atoms with Crippen LogP contribution in [-0.4, -0.2) is 166 Å². The average Bonchev–Trinajstić information content (AvgIpc) is 3.32. The number of aliphatic hydroxyl groups excluding tert-OH is 4. The van der Waals surface area contributed by atoms with Gasteiger partial charge < -0.3 is 75.2 Å². The molecule has 0 aliphatic carbocycles. The second-order valence-electron chi connectivity index (χ2n) is 17.2. The molecule has 3 aromatic carbocycles. The van der Waals surface area contributed by atoms with Gasteiger partial charge in [0.2, 0.25) is 41.7 Å². The number of hydrogen-bond donors (Lipinski definition) is 8. The van der Waals surface area contributed by atoms with Gasteiger partial charge in [-0.05, 0) is 73.9 Å². The average molecular weight is 963 g/mol. The summed E-state index contributed by atoms with van der Waals surface area (Å²) in [5.41, 5.74) is 1.14. The largest absolute Gasteiger partial charge is 0.497 e. The highest BCUT2D eigenvalue weighted by Gasteiger charge is 2.46. The highest BCUT2D eigenvalue weighted by Crippen LogP contribution is 2.38. The first-order valence-corrected chi connectivity index (χ1v) is 22.1. The number of amides is 6. The minimum absolute atomic E-state index is 0.00688. The lowest BCUT2D eigenvalue weighted by atomic mass is 9.97. The molecule has 6 bridgehead atoms. The zero-order chi connectivity index (χ0) is 50.4. The van der Waals surface area contributed by atoms with Crippen molar-refractivity contribution < 1.29 is 77.7 Å². The molecule has 372 valence electrons. The second kappa shape index (κ2) is 22.1. The lowest BCUT2D eigenvalue weighted by molar-refractivity contribution is -0.277. The molecule has 0 spiro atoms. The molecule has 0 saturated carbocycles. The number of hydrogen-bond acceptors (Lipinski definition) is 16. The van der Waals surface area contributed by atoms with Gasteiger partial charge >= 0.3 is 5.97 Å². The molecule has 0 aromatic heterocycles. The Kier molecular flexibility index (Phi) is 16.5. The molecule has 4 aliphatic rings. The van der Waals surface area contributed by atoms with Crippen LogP contribution in [0.5, 0.6) is 23.0 Å². The van der Waals surface area contributed by atoms with E-state index in [4.69, 9.17) is 23.7 Å². The molecule has 4 aliphatic heterocycles. The van der Waals surface area contributed by atoms with Gasteiger partial charge in [-0.25, -0.2) is 0 Å². The van der Waals surface area contributed by atoms with Gasteiger partial charge in [-0.15, -0.1) is 0 Å². The van der Waals surface area contributed by atoms with Crippen LogP contribution in [-0.2, 0) is 55.9 Å². The lowest BCUT2D eigenvalue weighted by Gasteiger charge is -2.39. The highest BCUT2D eigenvalue weighted by atomic mass is 16.7. The number of aliphatic hydroxyl groups is 4. The van der Waals surface area contributed by atoms with Crippen LogP contribution in [0.3, 0.4) is 0 Å². The third kappa shape index (κ3) is 11.9. The molecule has 6 amide bonds. The number of nitrogens with zero attached hydrogens (tertiary/aromatic N) is 2. The van der Waals surface area contributed by atoms with Crippen molar-refractivity contribution in [1.82, 2.24) is 31.1 Å². The van der Waals surface area contributed by atoms with E-state index in [1.165, 1.54) is 60.2 Å². The summed E-state index contributed by atoms with van der Waals surface area (Å²) in [4.78, 5) is 101. The first kappa shape index (κ1) is 51.5. The van der Waals surface area contributed by atoms with Crippen LogP contribution in [0.4, 0.5) is 0 Å². The molecule has 0 unspecified atom stereocenters. The zero-order valence-corrected chi connectivity index (χ0v) is 39.0. The summed E-state index contributed by atoms with van der Waals surface area (Å²) in [6.45, 7) is 4.43. The van der Waals surface area contributed by atoms with Crippen LogP contribution in [0.1, 0.15) is 50.5 Å². The third-order valence-corrected chi connectivity index (χ3v) is 12.2. The summed E-state index contributed by atoms with van der Waals surface area (Å²) in [7, 11) is 4.22. The standard InChI is InChI=1S/C47H58N6O16/c1-22-41(59)49-23(2)45(63)52(5)31(18-26-8-13-29(65-7)14-9-26)42(60)50-24(3)46(64)53(6)32-19-27-10-15-30(16-11-27)67-34-20-28(40(66-25(4)55)36(44(62)48-22)51-43(32)61)12-17-33(34)68-47-39(58)38(57)37(56)35(21-54)69-47/h8-17,20,22-24,31-32,35-40,47,54,56-58H,18-19,21H2,1-7H3,(H,48,62)(H,49,59)(H,50,60)(H,51,61)/t22-,23-,24+,31-,32+,35-,36-,37-,38+,39-,40+,47-/m1/s1. The number of ether oxygens (including phenoxy) is 5. The smallest absolute Gasteiger partial charge is 0.303 e. The Morgan fingerprint density at radius 3 is 1.99 bits per heavy atom. The van der Waals surface area contributed by atoms with Crippen LogP contribution in [0.25, 0.3) is 0 Å². The molecule has 3 aromatic rings. The Morgan fingerprint density at radius 1 is 0.739 bits per heavy atom. The number of rotatable bonds is 7. The fourth-order valence-corrected chi connectivity index (χ4v) is 8.10. The number of carbonyl (C=O) groups excluding carboxylic acids is 7. The molecule has 69 heavy (non-hydrogen) atoms. The van der Waals surface area contributed by atoms with Gasteiger partial charge in [-0.2, -0.15) is 0 Å². The molecule has 22 heteroatoms. The van der Waals surface area contributed by atoms with Crippen molar-refractivity contribution in [3.05, 3.63) is 83.4 Å². The summed E-state index contributed by atoms with van der Waals surface area (Å²) >= 11 is 0. The minimum atomic E-state index is -1.85. The van der Waals surface area contributed by atoms with Crippen molar-refractivity contribution in [1.29, 1.82) is 0 Å². The minimum Gasteiger partial charge on any atom is -0.497 e. The number of methoxy groups -OCH3 is 1. The second-order valence-corrected chi connectivity index (χ2v) is 17.2. The molecule has 12 atom stereocenters. The van der Waals surface area contributed by atoms with E-state index in [0.29, 0.717) is 16.9 Å². The first-order chi connectivity index (χ1) is 32.7. The van der Waals surface area contributed by atoms with Crippen LogP contribution in [0.2, 0.25) is 0 Å². The maximum atomic E-state index is 14.8. The third-order valence-electron chi connectivity index (χ3n) is 12.2. The summed E-state index contributed by atoms with van der Waals surface area (Å²) in [6, 6.07) is 8.65. The number of esters is 1. The van der Waals surface area contributed by atoms with E-state index in [-0.39, 0.29) is 35.7 Å². The molecule has 4 heterocycles. The van der Waals surface area contributed by atoms with Gasteiger partial charge in [0.05, 0.1) is 13.7 Å². The van der Waals surface area contributed by atoms with Crippen molar-refractivity contribution >= 4 is 41.4 Å². The highest BCUT2D eigenvalue weighted by molar-refractivity contribution is 5.98. The van der Waals surface area contributed by atoms with Crippen molar-refractivity contribution in [2.75, 3.05) is 27.8 Å². The molecule has 7 rings (SSSR count). The Hall–Kier alpha value is -6.85. The predicted octanol–water partition coefficient (Wildman–Crippen LogP) is -1.26. The number of nitrogens with one attached hydrogen (secondary N) is 4. The van der Waals surface area contributed by atoms with E-state index in [0.717, 1.165) is 16.7 Å². The lowest BCUT2D eigenvalue weighted by Crippen LogP contribution is -2.62. The maximum Gasteiger partial charge on any atom is 0.303 e. The molecule has 22 nitrogen and oxygen atoms in total. The van der Waals surface area contributed by atoms with E-state index in [9.17, 15) is 54.0 Å². The van der Waals surface area contributed by atoms with E-state index in [1.54, 1.807) is 48.5 Å². The van der Waals surface area contributed by atoms with Crippen molar-refractivity contribution in [3.8, 4) is 23.0 Å². The van der Waals surface area contributed by atoms with Gasteiger partial charge in [0, 0.05) is 33.9 Å². The number of likely N-dealkylation sites (N-methyl/N-ethyl adjacent to an activating group) is 2. The Labute approximate surface area is 397 Å². The summed E-state index contributed by atoms with van der Waals surface area (Å²) in [6.07, 6.45) is -10.1. The van der Waals surface area contributed by atoms with Crippen LogP contribution in [0.15, 0.2) is 66.7 Å².